The molecule has 0 heterocycles. The molecule has 0 radical (unpaired) electrons. The van der Waals surface area contributed by atoms with Crippen molar-refractivity contribution in [3.05, 3.63) is 46.6 Å². The maximum absolute atomic E-state index is 9.65. The topological polar surface area (TPSA) is 20.2 Å². The molecule has 1 aromatic rings. The Morgan fingerprint density at radius 1 is 1.00 bits per heavy atom. The van der Waals surface area contributed by atoms with E-state index in [4.69, 9.17) is 0 Å². The quantitative estimate of drug-likeness (QED) is 0.305. The zero-order chi connectivity index (χ0) is 22.4. The van der Waals surface area contributed by atoms with Gasteiger partial charge >= 0.3 is 37.6 Å². The summed E-state index contributed by atoms with van der Waals surface area (Å²) in [7, 11) is -1.50. The Bertz CT molecular complexity index is 735. The number of rotatable bonds is 1. The van der Waals surface area contributed by atoms with E-state index in [1.54, 1.807) is 0 Å². The van der Waals surface area contributed by atoms with E-state index in [-0.39, 0.29) is 24.8 Å². The summed E-state index contributed by atoms with van der Waals surface area (Å²) in [4.78, 5) is 0. The van der Waals surface area contributed by atoms with Crippen molar-refractivity contribution < 1.29 is 25.1 Å². The molecular weight excluding hydrogens is 463 g/mol. The van der Waals surface area contributed by atoms with Crippen molar-refractivity contribution in [1.29, 1.82) is 0 Å². The summed E-state index contributed by atoms with van der Waals surface area (Å²) >= 11 is 2.08. The molecule has 30 heavy (non-hydrogen) atoms. The zero-order valence-corrected chi connectivity index (χ0v) is 25.3. The fourth-order valence-corrected chi connectivity index (χ4v) is 4.68. The SMILES string of the molecule is CC1=[C-]C(C)C(C)=C1C.C[C](C)=[Ti+].Cc1cc(O)cc([Si](C)(C)C(C)(C)C)c1.Cl.Cl. The molecule has 1 aromatic carbocycles. The van der Waals surface area contributed by atoms with Crippen LogP contribution in [0.5, 0.6) is 5.75 Å². The summed E-state index contributed by atoms with van der Waals surface area (Å²) in [5.41, 5.74) is 5.39. The van der Waals surface area contributed by atoms with Crippen LogP contribution in [0.2, 0.25) is 18.1 Å². The van der Waals surface area contributed by atoms with Crippen LogP contribution >= 0.6 is 24.8 Å². The number of phenols is 1. The molecule has 0 fully saturated rings. The molecule has 2 rings (SSSR count). The molecule has 0 aliphatic heterocycles. The van der Waals surface area contributed by atoms with Gasteiger partial charge in [-0.3, -0.25) is 6.08 Å². The Morgan fingerprint density at radius 2 is 1.43 bits per heavy atom. The van der Waals surface area contributed by atoms with Crippen molar-refractivity contribution in [2.75, 3.05) is 0 Å². The second kappa shape index (κ2) is 14.1. The predicted octanol–water partition coefficient (Wildman–Crippen LogP) is 7.73. The van der Waals surface area contributed by atoms with Gasteiger partial charge in [0.2, 0.25) is 0 Å². The summed E-state index contributed by atoms with van der Waals surface area (Å²) in [6, 6.07) is 5.97. The standard InChI is InChI=1S/C13H22OSi.C9H13.C3H6.2ClH.Ti/c1-10-7-11(14)9-12(8-10)15(5,6)13(2,3)4;1-6-5-7(2)9(4)8(6)3;1-3-2;;;/h7-9,14H,1-6H3;6H,1-4H3;1-2H3;2*1H;/q;-1;;;;+1. The van der Waals surface area contributed by atoms with E-state index in [1.165, 1.54) is 25.7 Å². The van der Waals surface area contributed by atoms with Gasteiger partial charge in [0.15, 0.2) is 0 Å². The molecule has 5 heteroatoms. The first-order valence-electron chi connectivity index (χ1n) is 10.1. The minimum Gasteiger partial charge on any atom is -0.508 e. The average molecular weight is 506 g/mol. The molecule has 0 saturated carbocycles. The van der Waals surface area contributed by atoms with Crippen LogP contribution < -0.4 is 5.19 Å². The fraction of sp³-hybridized carbons (Fsp3) is 0.560. The van der Waals surface area contributed by atoms with Crippen LogP contribution in [-0.4, -0.2) is 17.0 Å². The van der Waals surface area contributed by atoms with Crippen LogP contribution in [0.25, 0.3) is 0 Å². The number of allylic oxidation sites excluding steroid dienone is 4. The first-order valence-corrected chi connectivity index (χ1v) is 13.9. The van der Waals surface area contributed by atoms with E-state index < -0.39 is 8.07 Å². The van der Waals surface area contributed by atoms with Gasteiger partial charge in [-0.1, -0.05) is 71.8 Å². The van der Waals surface area contributed by atoms with Crippen LogP contribution in [0, 0.1) is 18.9 Å². The van der Waals surface area contributed by atoms with Crippen molar-refractivity contribution >= 4 is 41.9 Å². The molecule has 0 saturated heterocycles. The van der Waals surface area contributed by atoms with Gasteiger partial charge in [0.1, 0.15) is 5.75 Å². The third kappa shape index (κ3) is 11.0. The molecule has 1 aliphatic carbocycles. The molecule has 1 atom stereocenters. The Kier molecular flexibility index (Phi) is 16.2. The number of aryl methyl sites for hydroxylation is 1. The molecule has 0 bridgehead atoms. The molecule has 1 N–H and O–H groups in total. The Morgan fingerprint density at radius 3 is 1.67 bits per heavy atom. The van der Waals surface area contributed by atoms with Crippen molar-refractivity contribution in [3.63, 3.8) is 0 Å². The Balaban J connectivity index is -0.000000417. The van der Waals surface area contributed by atoms with Gasteiger partial charge in [0, 0.05) is 0 Å². The number of aromatic hydroxyl groups is 1. The van der Waals surface area contributed by atoms with E-state index in [1.807, 2.05) is 19.1 Å². The van der Waals surface area contributed by atoms with Gasteiger partial charge in [-0.05, 0) is 29.7 Å². The molecule has 1 nitrogen and oxygen atoms in total. The maximum atomic E-state index is 9.65. The number of halogens is 2. The molecular formula is C25H43Cl2OSiTi. The molecule has 0 aromatic heterocycles. The number of phenolic OH excluding ortho intramolecular Hbond substituents is 1. The minimum absolute atomic E-state index is 0. The molecule has 171 valence electrons. The summed E-state index contributed by atoms with van der Waals surface area (Å²) in [6.45, 7) is 26.5. The van der Waals surface area contributed by atoms with Crippen LogP contribution in [0.15, 0.2) is 34.9 Å². The summed E-state index contributed by atoms with van der Waals surface area (Å²) in [6.07, 6.45) is 3.36. The van der Waals surface area contributed by atoms with Gasteiger partial charge in [-0.15, -0.1) is 31.7 Å². The van der Waals surface area contributed by atoms with Gasteiger partial charge < -0.3 is 5.11 Å². The Hall–Kier alpha value is -0.119. The van der Waals surface area contributed by atoms with Crippen molar-refractivity contribution in [2.45, 2.75) is 87.4 Å². The van der Waals surface area contributed by atoms with Crippen LogP contribution in [0.3, 0.4) is 0 Å². The summed E-state index contributed by atoms with van der Waals surface area (Å²) < 4.78 is 1.42. The minimum atomic E-state index is -1.50. The predicted molar refractivity (Wildman–Crippen MR) is 140 cm³/mol. The second-order valence-corrected chi connectivity index (χ2v) is 16.6. The molecule has 1 unspecified atom stereocenters. The van der Waals surface area contributed by atoms with Gasteiger partial charge in [0.25, 0.3) is 0 Å². The normalized spacial score (nSPS) is 15.5. The average Bonchev–Trinajstić information content (AvgIpc) is 2.71. The van der Waals surface area contributed by atoms with Gasteiger partial charge in [0.05, 0.1) is 8.07 Å². The maximum Gasteiger partial charge on any atom is 0.115 e. The van der Waals surface area contributed by atoms with Crippen LogP contribution in [-0.2, 0) is 20.0 Å². The van der Waals surface area contributed by atoms with Crippen LogP contribution in [0.1, 0.15) is 67.9 Å². The number of hydrogen-bond acceptors (Lipinski definition) is 1. The molecule has 1 aliphatic rings. The number of benzene rings is 1. The number of hydrogen-bond donors (Lipinski definition) is 1. The van der Waals surface area contributed by atoms with E-state index in [2.05, 4.69) is 108 Å². The smallest absolute Gasteiger partial charge is 0.115 e. The van der Waals surface area contributed by atoms with Crippen molar-refractivity contribution in [3.8, 4) is 5.75 Å². The first-order chi connectivity index (χ1) is 12.5. The van der Waals surface area contributed by atoms with E-state index >= 15 is 0 Å². The van der Waals surface area contributed by atoms with Gasteiger partial charge in [-0.25, -0.2) is 5.57 Å². The monoisotopic (exact) mass is 505 g/mol. The summed E-state index contributed by atoms with van der Waals surface area (Å²) in [5.74, 6) is 0.958. The first kappa shape index (κ1) is 34.5. The third-order valence-corrected chi connectivity index (χ3v) is 11.4. The zero-order valence-electron chi connectivity index (χ0n) is 21.1. The third-order valence-electron chi connectivity index (χ3n) is 5.90. The largest absolute Gasteiger partial charge is 0.508 e. The van der Waals surface area contributed by atoms with E-state index in [0.29, 0.717) is 16.7 Å². The van der Waals surface area contributed by atoms with Crippen molar-refractivity contribution in [2.24, 2.45) is 5.92 Å². The summed E-state index contributed by atoms with van der Waals surface area (Å²) in [5, 5.41) is 11.3. The van der Waals surface area contributed by atoms with E-state index in [9.17, 15) is 5.11 Å². The van der Waals surface area contributed by atoms with E-state index in [0.717, 1.165) is 5.56 Å². The second-order valence-electron chi connectivity index (χ2n) is 9.73. The van der Waals surface area contributed by atoms with Crippen LogP contribution in [0.4, 0.5) is 0 Å². The molecule has 0 spiro atoms. The Labute approximate surface area is 211 Å². The fourth-order valence-electron chi connectivity index (χ4n) is 2.72. The molecule has 0 amide bonds. The van der Waals surface area contributed by atoms with Crippen molar-refractivity contribution in [1.82, 2.24) is 0 Å². The van der Waals surface area contributed by atoms with Gasteiger partial charge in [-0.2, -0.15) is 11.1 Å².